The predicted octanol–water partition coefficient (Wildman–Crippen LogP) is 4.32. The lowest BCUT2D eigenvalue weighted by Gasteiger charge is -2.25. The largest absolute Gasteiger partial charge is 0.369 e. The molecule has 0 amide bonds. The number of ether oxygens (including phenoxy) is 1. The van der Waals surface area contributed by atoms with Gasteiger partial charge in [0.2, 0.25) is 0 Å². The second kappa shape index (κ2) is 8.38. The lowest BCUT2D eigenvalue weighted by Crippen LogP contribution is -2.31. The summed E-state index contributed by atoms with van der Waals surface area (Å²) in [5.41, 5.74) is 0.897. The monoisotopic (exact) mass is 281 g/mol. The number of rotatable bonds is 8. The third kappa shape index (κ3) is 6.49. The lowest BCUT2D eigenvalue weighted by atomic mass is 10.1. The molecule has 2 nitrogen and oxygen atoms in total. The van der Waals surface area contributed by atoms with Crippen LogP contribution in [0.3, 0.4) is 0 Å². The van der Waals surface area contributed by atoms with Crippen molar-refractivity contribution in [1.82, 2.24) is 5.32 Å². The zero-order chi connectivity index (χ0) is 15.1. The molecule has 20 heavy (non-hydrogen) atoms. The third-order valence-electron chi connectivity index (χ3n) is 3.13. The number of halogens is 1. The van der Waals surface area contributed by atoms with E-state index in [4.69, 9.17) is 4.74 Å². The van der Waals surface area contributed by atoms with Crippen molar-refractivity contribution >= 4 is 0 Å². The minimum absolute atomic E-state index is 0.109. The molecule has 0 spiro atoms. The molecule has 0 saturated carbocycles. The van der Waals surface area contributed by atoms with Gasteiger partial charge in [-0.3, -0.25) is 0 Å². The average Bonchev–Trinajstić information content (AvgIpc) is 2.33. The normalized spacial score (nSPS) is 14.8. The molecule has 0 aliphatic heterocycles. The van der Waals surface area contributed by atoms with Crippen molar-refractivity contribution in [2.24, 2.45) is 5.92 Å². The fourth-order valence-corrected chi connectivity index (χ4v) is 2.29. The number of benzene rings is 1. The Balaban J connectivity index is 2.74. The Bertz CT molecular complexity index is 392. The van der Waals surface area contributed by atoms with E-state index in [1.165, 1.54) is 6.07 Å². The van der Waals surface area contributed by atoms with Crippen LogP contribution in [0.25, 0.3) is 0 Å². The van der Waals surface area contributed by atoms with Gasteiger partial charge in [-0.2, -0.15) is 0 Å². The molecule has 0 aliphatic rings. The van der Waals surface area contributed by atoms with Crippen LogP contribution >= 0.6 is 0 Å². The van der Waals surface area contributed by atoms with Crippen LogP contribution in [0.5, 0.6) is 0 Å². The molecule has 2 unspecified atom stereocenters. The highest BCUT2D eigenvalue weighted by molar-refractivity contribution is 5.19. The predicted molar refractivity (Wildman–Crippen MR) is 82.3 cm³/mol. The van der Waals surface area contributed by atoms with Crippen LogP contribution in [-0.2, 0) is 4.74 Å². The van der Waals surface area contributed by atoms with E-state index in [0.29, 0.717) is 18.5 Å². The molecule has 114 valence electrons. The van der Waals surface area contributed by atoms with Crippen molar-refractivity contribution < 1.29 is 9.13 Å². The highest BCUT2D eigenvalue weighted by Crippen LogP contribution is 2.22. The molecule has 0 bridgehead atoms. The highest BCUT2D eigenvalue weighted by Gasteiger charge is 2.17. The molecule has 0 heterocycles. The second-order valence-corrected chi connectivity index (χ2v) is 6.18. The first-order chi connectivity index (χ1) is 9.38. The summed E-state index contributed by atoms with van der Waals surface area (Å²) in [5, 5.41) is 3.37. The summed E-state index contributed by atoms with van der Waals surface area (Å²) in [6.07, 6.45) is 1.06. The zero-order valence-corrected chi connectivity index (χ0v) is 13.3. The summed E-state index contributed by atoms with van der Waals surface area (Å²) in [4.78, 5) is 0. The lowest BCUT2D eigenvalue weighted by molar-refractivity contribution is -0.0135. The molecule has 1 aromatic carbocycles. The van der Waals surface area contributed by atoms with Gasteiger partial charge in [-0.1, -0.05) is 39.8 Å². The summed E-state index contributed by atoms with van der Waals surface area (Å²) in [7, 11) is 0. The Hall–Kier alpha value is -0.930. The molecule has 1 rings (SSSR count). The first kappa shape index (κ1) is 17.1. The Morgan fingerprint density at radius 1 is 1.15 bits per heavy atom. The van der Waals surface area contributed by atoms with Gasteiger partial charge in [-0.15, -0.1) is 0 Å². The average molecular weight is 281 g/mol. The molecule has 0 saturated heterocycles. The second-order valence-electron chi connectivity index (χ2n) is 6.18. The van der Waals surface area contributed by atoms with Gasteiger partial charge < -0.3 is 10.1 Å². The van der Waals surface area contributed by atoms with Gasteiger partial charge in [0.05, 0.1) is 12.2 Å². The van der Waals surface area contributed by atoms with Gasteiger partial charge in [0.15, 0.2) is 0 Å². The number of hydrogen-bond acceptors (Lipinski definition) is 2. The van der Waals surface area contributed by atoms with Crippen molar-refractivity contribution in [1.29, 1.82) is 0 Å². The molecule has 0 fully saturated rings. The molecule has 3 heteroatoms. The minimum Gasteiger partial charge on any atom is -0.369 e. The molecular formula is C17H28FNO. The number of hydrogen-bond donors (Lipinski definition) is 1. The third-order valence-corrected chi connectivity index (χ3v) is 3.13. The van der Waals surface area contributed by atoms with Crippen LogP contribution in [0.2, 0.25) is 0 Å². The van der Waals surface area contributed by atoms with Crippen molar-refractivity contribution in [2.75, 3.05) is 6.54 Å². The number of nitrogens with one attached hydrogen (secondary N) is 1. The van der Waals surface area contributed by atoms with E-state index in [2.05, 4.69) is 39.9 Å². The van der Waals surface area contributed by atoms with E-state index in [0.717, 1.165) is 12.0 Å². The van der Waals surface area contributed by atoms with Gasteiger partial charge in [-0.05, 0) is 37.0 Å². The van der Waals surface area contributed by atoms with Gasteiger partial charge in [0.25, 0.3) is 0 Å². The smallest absolute Gasteiger partial charge is 0.123 e. The van der Waals surface area contributed by atoms with Crippen molar-refractivity contribution in [3.05, 3.63) is 35.6 Å². The first-order valence-corrected chi connectivity index (χ1v) is 7.52. The fraction of sp³-hybridized carbons (Fsp3) is 0.647. The molecule has 1 aromatic rings. The van der Waals surface area contributed by atoms with Gasteiger partial charge >= 0.3 is 0 Å². The van der Waals surface area contributed by atoms with Crippen LogP contribution < -0.4 is 5.32 Å². The molecule has 1 N–H and O–H groups in total. The van der Waals surface area contributed by atoms with E-state index in [1.807, 2.05) is 6.07 Å². The Morgan fingerprint density at radius 2 is 1.85 bits per heavy atom. The van der Waals surface area contributed by atoms with Gasteiger partial charge in [0, 0.05) is 12.6 Å². The van der Waals surface area contributed by atoms with Crippen molar-refractivity contribution in [3.63, 3.8) is 0 Å². The zero-order valence-electron chi connectivity index (χ0n) is 13.3. The van der Waals surface area contributed by atoms with Crippen LogP contribution in [0.4, 0.5) is 4.39 Å². The van der Waals surface area contributed by atoms with E-state index in [-0.39, 0.29) is 18.0 Å². The highest BCUT2D eigenvalue weighted by atomic mass is 19.1. The summed E-state index contributed by atoms with van der Waals surface area (Å²) >= 11 is 0. The molecule has 0 aromatic heterocycles. The van der Waals surface area contributed by atoms with Gasteiger partial charge in [-0.25, -0.2) is 4.39 Å². The Labute approximate surface area is 122 Å². The summed E-state index contributed by atoms with van der Waals surface area (Å²) in [6.45, 7) is 11.3. The standard InChI is InChI=1S/C17H28FNO/c1-12(2)9-14(5)20-17(11-19-13(3)4)15-7-6-8-16(18)10-15/h6-8,10,12-14,17,19H,9,11H2,1-5H3. The van der Waals surface area contributed by atoms with Crippen LogP contribution in [-0.4, -0.2) is 18.7 Å². The van der Waals surface area contributed by atoms with Crippen molar-refractivity contribution in [3.8, 4) is 0 Å². The van der Waals surface area contributed by atoms with E-state index < -0.39 is 0 Å². The summed E-state index contributed by atoms with van der Waals surface area (Å²) < 4.78 is 19.5. The van der Waals surface area contributed by atoms with Crippen LogP contribution in [0.15, 0.2) is 24.3 Å². The SMILES string of the molecule is CC(C)CC(C)OC(CNC(C)C)c1cccc(F)c1. The summed E-state index contributed by atoms with van der Waals surface area (Å²) in [5.74, 6) is 0.383. The molecule has 0 radical (unpaired) electrons. The van der Waals surface area contributed by atoms with E-state index in [9.17, 15) is 4.39 Å². The van der Waals surface area contributed by atoms with E-state index >= 15 is 0 Å². The van der Waals surface area contributed by atoms with Crippen LogP contribution in [0, 0.1) is 11.7 Å². The van der Waals surface area contributed by atoms with Crippen molar-refractivity contribution in [2.45, 2.75) is 59.3 Å². The first-order valence-electron chi connectivity index (χ1n) is 7.52. The molecule has 2 atom stereocenters. The molecule has 0 aliphatic carbocycles. The maximum Gasteiger partial charge on any atom is 0.123 e. The Kier molecular flexibility index (Phi) is 7.17. The molecular weight excluding hydrogens is 253 g/mol. The van der Waals surface area contributed by atoms with Crippen LogP contribution in [0.1, 0.15) is 52.7 Å². The minimum atomic E-state index is -0.211. The van der Waals surface area contributed by atoms with E-state index in [1.54, 1.807) is 12.1 Å². The topological polar surface area (TPSA) is 21.3 Å². The maximum absolute atomic E-state index is 13.4. The maximum atomic E-state index is 13.4. The van der Waals surface area contributed by atoms with Gasteiger partial charge in [0.1, 0.15) is 5.82 Å². The Morgan fingerprint density at radius 3 is 2.40 bits per heavy atom. The quantitative estimate of drug-likeness (QED) is 0.766. The summed E-state index contributed by atoms with van der Waals surface area (Å²) in [6, 6.07) is 7.08. The fourth-order valence-electron chi connectivity index (χ4n) is 2.29.